The van der Waals surface area contributed by atoms with Gasteiger partial charge in [0.05, 0.1) is 12.9 Å². The summed E-state index contributed by atoms with van der Waals surface area (Å²) < 4.78 is 62.9. The van der Waals surface area contributed by atoms with Gasteiger partial charge in [0.1, 0.15) is 18.1 Å². The van der Waals surface area contributed by atoms with Crippen LogP contribution in [0.3, 0.4) is 0 Å². The number of hydrogen-bond acceptors (Lipinski definition) is 7. The lowest BCUT2D eigenvalue weighted by Gasteiger charge is -2.26. The Morgan fingerprint density at radius 2 is 1.60 bits per heavy atom. The first-order valence-electron chi connectivity index (χ1n) is 13.7. The number of aliphatic hydroxyl groups is 1. The lowest BCUT2D eigenvalue weighted by Crippen LogP contribution is -2.33. The van der Waals surface area contributed by atoms with Gasteiger partial charge in [0.2, 0.25) is 0 Å². The van der Waals surface area contributed by atoms with Gasteiger partial charge in [0, 0.05) is 23.2 Å². The number of carbonyl (C=O) groups excluding carboxylic acids is 1. The fraction of sp³-hybridized carbons (Fsp3) is 0.281. The van der Waals surface area contributed by atoms with E-state index in [1.54, 1.807) is 42.5 Å². The lowest BCUT2D eigenvalue weighted by atomic mass is 9.87. The molecule has 4 aromatic rings. The molecule has 1 heterocycles. The number of nitrogens with zero attached hydrogens (tertiary/aromatic N) is 1. The third-order valence-corrected chi connectivity index (χ3v) is 7.85. The summed E-state index contributed by atoms with van der Waals surface area (Å²) in [5, 5.41) is 10.8. The number of carbonyl (C=O) groups is 1. The Bertz CT molecular complexity index is 1720. The molecular formula is C32H31F2NO6S. The van der Waals surface area contributed by atoms with E-state index in [2.05, 4.69) is 4.90 Å². The normalized spacial score (nSPS) is 14.2. The van der Waals surface area contributed by atoms with Crippen LogP contribution < -0.4 is 8.92 Å². The van der Waals surface area contributed by atoms with Crippen LogP contribution in [0.2, 0.25) is 0 Å². The maximum absolute atomic E-state index is 14.7. The standard InChI is InChI=1S/C32H31F2NO6S/c1-42(38,39)41-24-10-12-25-22(19-24)7-11-27(26-13-14-29(33)31(34)28(26)20-36)30(25)32(37)21-5-8-23(9-6-21)40-18-17-35-15-3-2-4-16-35/h5-14,19,36H,2-4,15-18,20H2,1H3. The summed E-state index contributed by atoms with van der Waals surface area (Å²) in [5.41, 5.74) is 0.678. The Labute approximate surface area is 243 Å². The Hall–Kier alpha value is -3.86. The molecule has 0 aliphatic carbocycles. The van der Waals surface area contributed by atoms with E-state index >= 15 is 0 Å². The fourth-order valence-electron chi connectivity index (χ4n) is 5.33. The van der Waals surface area contributed by atoms with Crippen LogP contribution in [0.25, 0.3) is 21.9 Å². The summed E-state index contributed by atoms with van der Waals surface area (Å²) in [6.07, 6.45) is 4.58. The summed E-state index contributed by atoms with van der Waals surface area (Å²) in [6, 6.07) is 16.6. The predicted octanol–water partition coefficient (Wildman–Crippen LogP) is 5.71. The number of fused-ring (bicyclic) bond motifs is 1. The van der Waals surface area contributed by atoms with Crippen molar-refractivity contribution in [2.45, 2.75) is 25.9 Å². The number of benzene rings is 4. The Morgan fingerprint density at radius 3 is 2.29 bits per heavy atom. The van der Waals surface area contributed by atoms with E-state index in [1.165, 1.54) is 37.5 Å². The van der Waals surface area contributed by atoms with Crippen LogP contribution in [0.15, 0.2) is 66.7 Å². The van der Waals surface area contributed by atoms with Crippen molar-refractivity contribution in [1.29, 1.82) is 0 Å². The van der Waals surface area contributed by atoms with E-state index in [0.29, 0.717) is 28.7 Å². The lowest BCUT2D eigenvalue weighted by molar-refractivity contribution is 0.104. The van der Waals surface area contributed by atoms with Gasteiger partial charge in [-0.1, -0.05) is 24.6 Å². The summed E-state index contributed by atoms with van der Waals surface area (Å²) in [7, 11) is -3.79. The first-order valence-corrected chi connectivity index (χ1v) is 15.5. The molecule has 0 spiro atoms. The fourth-order valence-corrected chi connectivity index (χ4v) is 5.78. The van der Waals surface area contributed by atoms with E-state index in [9.17, 15) is 27.1 Å². The minimum atomic E-state index is -3.79. The van der Waals surface area contributed by atoms with Crippen molar-refractivity contribution in [2.75, 3.05) is 32.5 Å². The molecule has 5 rings (SSSR count). The van der Waals surface area contributed by atoms with E-state index < -0.39 is 34.1 Å². The van der Waals surface area contributed by atoms with E-state index in [1.807, 2.05) is 0 Å². The number of hydrogen-bond donors (Lipinski definition) is 1. The van der Waals surface area contributed by atoms with Crippen molar-refractivity contribution in [3.05, 3.63) is 95.1 Å². The Morgan fingerprint density at radius 1 is 0.905 bits per heavy atom. The van der Waals surface area contributed by atoms with Crippen LogP contribution in [0.4, 0.5) is 8.78 Å². The average molecular weight is 596 g/mol. The first kappa shape index (κ1) is 29.6. The summed E-state index contributed by atoms with van der Waals surface area (Å²) in [4.78, 5) is 16.4. The van der Waals surface area contributed by atoms with Gasteiger partial charge in [0.15, 0.2) is 17.4 Å². The quantitative estimate of drug-likeness (QED) is 0.185. The molecule has 0 bridgehead atoms. The average Bonchev–Trinajstić information content (AvgIpc) is 2.97. The third-order valence-electron chi connectivity index (χ3n) is 7.35. The maximum atomic E-state index is 14.7. The van der Waals surface area contributed by atoms with Crippen molar-refractivity contribution < 1.29 is 36.0 Å². The van der Waals surface area contributed by atoms with Crippen molar-refractivity contribution in [3.8, 4) is 22.6 Å². The first-order chi connectivity index (χ1) is 20.1. The molecule has 0 unspecified atom stereocenters. The number of likely N-dealkylation sites (tertiary alicyclic amines) is 1. The maximum Gasteiger partial charge on any atom is 0.306 e. The van der Waals surface area contributed by atoms with E-state index in [0.717, 1.165) is 32.0 Å². The topological polar surface area (TPSA) is 93.1 Å². The molecule has 4 aromatic carbocycles. The third kappa shape index (κ3) is 6.61. The summed E-state index contributed by atoms with van der Waals surface area (Å²) >= 11 is 0. The van der Waals surface area contributed by atoms with Crippen LogP contribution in [0.1, 0.15) is 40.7 Å². The molecule has 1 fully saturated rings. The Kier molecular flexibility index (Phi) is 8.86. The number of rotatable bonds is 10. The Balaban J connectivity index is 1.52. The molecule has 0 aromatic heterocycles. The minimum absolute atomic E-state index is 0.0612. The van der Waals surface area contributed by atoms with Crippen LogP contribution in [-0.2, 0) is 16.7 Å². The molecule has 1 saturated heterocycles. The predicted molar refractivity (Wildman–Crippen MR) is 156 cm³/mol. The van der Waals surface area contributed by atoms with Gasteiger partial charge < -0.3 is 14.0 Å². The molecule has 7 nitrogen and oxygen atoms in total. The molecule has 220 valence electrons. The van der Waals surface area contributed by atoms with Gasteiger partial charge in [0.25, 0.3) is 0 Å². The summed E-state index contributed by atoms with van der Waals surface area (Å²) in [6.45, 7) is 2.71. The van der Waals surface area contributed by atoms with Gasteiger partial charge in [-0.05, 0) is 96.4 Å². The van der Waals surface area contributed by atoms with E-state index in [4.69, 9.17) is 8.92 Å². The number of piperidine rings is 1. The molecule has 1 N–H and O–H groups in total. The molecule has 0 saturated carbocycles. The van der Waals surface area contributed by atoms with Gasteiger partial charge in [-0.2, -0.15) is 8.42 Å². The van der Waals surface area contributed by atoms with Crippen LogP contribution >= 0.6 is 0 Å². The van der Waals surface area contributed by atoms with Crippen LogP contribution in [-0.4, -0.2) is 56.7 Å². The number of aliphatic hydroxyl groups excluding tert-OH is 1. The smallest absolute Gasteiger partial charge is 0.306 e. The number of ether oxygens (including phenoxy) is 1. The van der Waals surface area contributed by atoms with Crippen LogP contribution in [0, 0.1) is 11.6 Å². The van der Waals surface area contributed by atoms with Crippen molar-refractivity contribution in [3.63, 3.8) is 0 Å². The highest BCUT2D eigenvalue weighted by atomic mass is 32.2. The van der Waals surface area contributed by atoms with Crippen molar-refractivity contribution in [1.82, 2.24) is 4.90 Å². The molecule has 0 amide bonds. The molecule has 1 aliphatic rings. The molecule has 10 heteroatoms. The molecule has 1 aliphatic heterocycles. The molecular weight excluding hydrogens is 564 g/mol. The zero-order valence-electron chi connectivity index (χ0n) is 23.1. The molecule has 0 radical (unpaired) electrons. The molecule has 0 atom stereocenters. The highest BCUT2D eigenvalue weighted by Crippen LogP contribution is 2.37. The monoisotopic (exact) mass is 595 g/mol. The van der Waals surface area contributed by atoms with Crippen molar-refractivity contribution in [2.24, 2.45) is 0 Å². The van der Waals surface area contributed by atoms with Gasteiger partial charge in [-0.15, -0.1) is 0 Å². The number of halogens is 2. The highest BCUT2D eigenvalue weighted by Gasteiger charge is 2.23. The second-order valence-corrected chi connectivity index (χ2v) is 11.9. The SMILES string of the molecule is CS(=O)(=O)Oc1ccc2c(C(=O)c3ccc(OCCN4CCCCC4)cc3)c(-c3ccc(F)c(F)c3CO)ccc2c1. The van der Waals surface area contributed by atoms with E-state index in [-0.39, 0.29) is 28.0 Å². The van der Waals surface area contributed by atoms with Crippen LogP contribution in [0.5, 0.6) is 11.5 Å². The second-order valence-electron chi connectivity index (χ2n) is 10.3. The van der Waals surface area contributed by atoms with Gasteiger partial charge in [-0.25, -0.2) is 8.78 Å². The van der Waals surface area contributed by atoms with Gasteiger partial charge >= 0.3 is 10.1 Å². The van der Waals surface area contributed by atoms with Crippen molar-refractivity contribution >= 4 is 26.7 Å². The summed E-state index contributed by atoms with van der Waals surface area (Å²) in [5.74, 6) is -2.04. The number of ketones is 1. The largest absolute Gasteiger partial charge is 0.492 e. The minimum Gasteiger partial charge on any atom is -0.492 e. The zero-order chi connectivity index (χ0) is 29.9. The second kappa shape index (κ2) is 12.6. The van der Waals surface area contributed by atoms with Gasteiger partial charge in [-0.3, -0.25) is 9.69 Å². The zero-order valence-corrected chi connectivity index (χ0v) is 23.9. The highest BCUT2D eigenvalue weighted by molar-refractivity contribution is 7.86. The molecule has 42 heavy (non-hydrogen) atoms.